The van der Waals surface area contributed by atoms with E-state index in [2.05, 4.69) is 4.98 Å². The average molecular weight is 406 g/mol. The first-order chi connectivity index (χ1) is 14.5. The van der Waals surface area contributed by atoms with Gasteiger partial charge >= 0.3 is 11.7 Å². The van der Waals surface area contributed by atoms with Gasteiger partial charge in [0.05, 0.1) is 19.4 Å². The van der Waals surface area contributed by atoms with Gasteiger partial charge in [-0.2, -0.15) is 0 Å². The van der Waals surface area contributed by atoms with Crippen molar-refractivity contribution in [1.82, 2.24) is 18.7 Å². The highest BCUT2D eigenvalue weighted by Gasteiger charge is 2.14. The lowest BCUT2D eigenvalue weighted by Gasteiger charge is -2.09. The van der Waals surface area contributed by atoms with Crippen molar-refractivity contribution in [1.29, 1.82) is 0 Å². The molecule has 0 N–H and O–H groups in total. The third kappa shape index (κ3) is 3.63. The number of rotatable bonds is 6. The van der Waals surface area contributed by atoms with E-state index < -0.39 is 11.2 Å². The fourth-order valence-corrected chi connectivity index (χ4v) is 3.57. The van der Waals surface area contributed by atoms with Crippen LogP contribution >= 0.6 is 0 Å². The maximum atomic E-state index is 12.6. The molecule has 154 valence electrons. The molecule has 0 fully saturated rings. The number of aryl methyl sites for hydroxylation is 2. The monoisotopic (exact) mass is 406 g/mol. The molecule has 0 aliphatic heterocycles. The van der Waals surface area contributed by atoms with Crippen LogP contribution in [0.4, 0.5) is 0 Å². The lowest BCUT2D eigenvalue weighted by atomic mass is 10.1. The summed E-state index contributed by atoms with van der Waals surface area (Å²) in [5, 5.41) is 2.19. The standard InChI is InChI=1S/C22H22N4O4/c1-24-14-23-20-19(24)21(28)26(22(29)25(20)2)10-5-11-30-18(27)13-15-8-9-16-6-3-4-7-17(16)12-15/h3-4,6-9,12,14H,5,10-11,13H2,1-2H3. The smallest absolute Gasteiger partial charge is 0.332 e. The molecule has 0 aliphatic carbocycles. The summed E-state index contributed by atoms with van der Waals surface area (Å²) in [5.41, 5.74) is 0.769. The van der Waals surface area contributed by atoms with E-state index >= 15 is 0 Å². The van der Waals surface area contributed by atoms with Crippen LogP contribution in [0.5, 0.6) is 0 Å². The predicted molar refractivity (Wildman–Crippen MR) is 113 cm³/mol. The van der Waals surface area contributed by atoms with Gasteiger partial charge in [-0.25, -0.2) is 9.78 Å². The van der Waals surface area contributed by atoms with Crippen molar-refractivity contribution in [2.75, 3.05) is 6.61 Å². The molecule has 0 unspecified atom stereocenters. The number of ether oxygens (including phenoxy) is 1. The van der Waals surface area contributed by atoms with Crippen molar-refractivity contribution in [3.05, 3.63) is 75.2 Å². The molecule has 0 aliphatic rings. The van der Waals surface area contributed by atoms with Crippen LogP contribution in [0.3, 0.4) is 0 Å². The van der Waals surface area contributed by atoms with Gasteiger partial charge in [-0.1, -0.05) is 42.5 Å². The SMILES string of the molecule is Cn1cnc2c1c(=O)n(CCCOC(=O)Cc1ccc3ccccc3c1)c(=O)n2C. The molecule has 2 aromatic carbocycles. The number of hydrogen-bond donors (Lipinski definition) is 0. The Hall–Kier alpha value is -3.68. The van der Waals surface area contributed by atoms with Crippen LogP contribution in [-0.2, 0) is 36.6 Å². The van der Waals surface area contributed by atoms with Gasteiger partial charge in [0.25, 0.3) is 5.56 Å². The Bertz CT molecular complexity index is 1360. The first-order valence-corrected chi connectivity index (χ1v) is 9.70. The van der Waals surface area contributed by atoms with Crippen LogP contribution in [0.25, 0.3) is 21.9 Å². The fourth-order valence-electron chi connectivity index (χ4n) is 3.57. The molecule has 0 radical (unpaired) electrons. The van der Waals surface area contributed by atoms with E-state index in [0.717, 1.165) is 20.9 Å². The highest BCUT2D eigenvalue weighted by atomic mass is 16.5. The van der Waals surface area contributed by atoms with Crippen molar-refractivity contribution in [3.63, 3.8) is 0 Å². The molecule has 4 rings (SSSR count). The topological polar surface area (TPSA) is 88.1 Å². The Kier molecular flexibility index (Phi) is 5.22. The van der Waals surface area contributed by atoms with Crippen LogP contribution in [0, 0.1) is 0 Å². The van der Waals surface area contributed by atoms with Gasteiger partial charge in [0, 0.05) is 20.6 Å². The number of aromatic nitrogens is 4. The van der Waals surface area contributed by atoms with Gasteiger partial charge < -0.3 is 9.30 Å². The molecule has 4 aromatic rings. The molecule has 30 heavy (non-hydrogen) atoms. The van der Waals surface area contributed by atoms with Crippen molar-refractivity contribution in [3.8, 4) is 0 Å². The molecule has 0 atom stereocenters. The van der Waals surface area contributed by atoms with E-state index in [1.54, 1.807) is 18.7 Å². The number of carbonyl (C=O) groups is 1. The van der Waals surface area contributed by atoms with Crippen LogP contribution in [0.1, 0.15) is 12.0 Å². The predicted octanol–water partition coefficient (Wildman–Crippen LogP) is 1.76. The zero-order valence-corrected chi connectivity index (χ0v) is 16.9. The largest absolute Gasteiger partial charge is 0.465 e. The maximum absolute atomic E-state index is 12.6. The second-order valence-corrected chi connectivity index (χ2v) is 7.26. The van der Waals surface area contributed by atoms with Gasteiger partial charge in [0.15, 0.2) is 11.2 Å². The fraction of sp³-hybridized carbons (Fsp3) is 0.273. The summed E-state index contributed by atoms with van der Waals surface area (Å²) in [6.45, 7) is 0.293. The van der Waals surface area contributed by atoms with Gasteiger partial charge in [0.1, 0.15) is 0 Å². The number of carbonyl (C=O) groups excluding carboxylic acids is 1. The first-order valence-electron chi connectivity index (χ1n) is 9.70. The van der Waals surface area contributed by atoms with Crippen LogP contribution < -0.4 is 11.2 Å². The summed E-state index contributed by atoms with van der Waals surface area (Å²) in [5.74, 6) is -0.340. The molecule has 8 heteroatoms. The Morgan fingerprint density at radius 1 is 1.07 bits per heavy atom. The molecule has 0 saturated carbocycles. The summed E-state index contributed by atoms with van der Waals surface area (Å²) < 4.78 is 9.40. The zero-order chi connectivity index (χ0) is 21.3. The van der Waals surface area contributed by atoms with Crippen LogP contribution in [-0.4, -0.2) is 31.3 Å². The number of benzene rings is 2. The van der Waals surface area contributed by atoms with Gasteiger partial charge in [0.2, 0.25) is 0 Å². The Morgan fingerprint density at radius 2 is 1.83 bits per heavy atom. The molecule has 0 amide bonds. The van der Waals surface area contributed by atoms with E-state index in [0.29, 0.717) is 17.6 Å². The highest BCUT2D eigenvalue weighted by Crippen LogP contribution is 2.16. The second kappa shape index (κ2) is 7.98. The molecular formula is C22H22N4O4. The average Bonchev–Trinajstić information content (AvgIpc) is 3.13. The van der Waals surface area contributed by atoms with Gasteiger partial charge in [-0.05, 0) is 22.8 Å². The number of hydrogen-bond acceptors (Lipinski definition) is 5. The van der Waals surface area contributed by atoms with E-state index in [4.69, 9.17) is 4.74 Å². The second-order valence-electron chi connectivity index (χ2n) is 7.26. The Labute approximate surface area is 172 Å². The minimum atomic E-state index is -0.436. The van der Waals surface area contributed by atoms with Gasteiger partial charge in [-0.3, -0.25) is 18.7 Å². The quantitative estimate of drug-likeness (QED) is 0.360. The molecule has 0 saturated heterocycles. The van der Waals surface area contributed by atoms with Crippen molar-refractivity contribution < 1.29 is 9.53 Å². The minimum Gasteiger partial charge on any atom is -0.465 e. The Balaban J connectivity index is 1.38. The van der Waals surface area contributed by atoms with Crippen molar-refractivity contribution in [2.24, 2.45) is 14.1 Å². The number of fused-ring (bicyclic) bond motifs is 2. The van der Waals surface area contributed by atoms with E-state index in [1.165, 1.54) is 10.9 Å². The highest BCUT2D eigenvalue weighted by molar-refractivity contribution is 5.84. The van der Waals surface area contributed by atoms with Crippen LogP contribution in [0.2, 0.25) is 0 Å². The summed E-state index contributed by atoms with van der Waals surface area (Å²) in [7, 11) is 3.29. The Morgan fingerprint density at radius 3 is 2.63 bits per heavy atom. The van der Waals surface area contributed by atoms with Crippen LogP contribution in [0.15, 0.2) is 58.4 Å². The molecular weight excluding hydrogens is 384 g/mol. The van der Waals surface area contributed by atoms with E-state index in [9.17, 15) is 14.4 Å². The lowest BCUT2D eigenvalue weighted by Crippen LogP contribution is -2.39. The number of esters is 1. The first kappa shape index (κ1) is 19.6. The molecule has 0 spiro atoms. The van der Waals surface area contributed by atoms with Crippen molar-refractivity contribution in [2.45, 2.75) is 19.4 Å². The van der Waals surface area contributed by atoms with E-state index in [1.807, 2.05) is 42.5 Å². The molecule has 2 aromatic heterocycles. The normalized spacial score (nSPS) is 11.3. The molecule has 2 heterocycles. The maximum Gasteiger partial charge on any atom is 0.332 e. The number of nitrogens with zero attached hydrogens (tertiary/aromatic N) is 4. The number of imidazole rings is 1. The summed E-state index contributed by atoms with van der Waals surface area (Å²) in [6.07, 6.45) is 2.04. The summed E-state index contributed by atoms with van der Waals surface area (Å²) in [6, 6.07) is 13.8. The van der Waals surface area contributed by atoms with Crippen molar-refractivity contribution >= 4 is 27.9 Å². The minimum absolute atomic E-state index is 0.130. The third-order valence-electron chi connectivity index (χ3n) is 5.15. The molecule has 8 nitrogen and oxygen atoms in total. The lowest BCUT2D eigenvalue weighted by molar-refractivity contribution is -0.143. The zero-order valence-electron chi connectivity index (χ0n) is 16.9. The molecule has 0 bridgehead atoms. The summed E-state index contributed by atoms with van der Waals surface area (Å²) >= 11 is 0. The van der Waals surface area contributed by atoms with Gasteiger partial charge in [-0.15, -0.1) is 0 Å². The van der Waals surface area contributed by atoms with E-state index in [-0.39, 0.29) is 25.5 Å². The summed E-state index contributed by atoms with van der Waals surface area (Å²) in [4.78, 5) is 41.4. The third-order valence-corrected chi connectivity index (χ3v) is 5.15.